The summed E-state index contributed by atoms with van der Waals surface area (Å²) in [6.07, 6.45) is 6.30. The zero-order valence-corrected chi connectivity index (χ0v) is 6.67. The van der Waals surface area contributed by atoms with Gasteiger partial charge in [0.05, 0.1) is 6.20 Å². The van der Waals surface area contributed by atoms with Gasteiger partial charge in [-0.25, -0.2) is 0 Å². The molecule has 0 aliphatic heterocycles. The minimum absolute atomic E-state index is 1.04. The highest BCUT2D eigenvalue weighted by Crippen LogP contribution is 1.98. The molecule has 1 rings (SSSR count). The van der Waals surface area contributed by atoms with Gasteiger partial charge in [0.15, 0.2) is 0 Å². The first-order valence-electron chi connectivity index (χ1n) is 3.88. The molecule has 0 radical (unpaired) electrons. The fourth-order valence-electron chi connectivity index (χ4n) is 0.940. The molecule has 1 aromatic rings. The van der Waals surface area contributed by atoms with Gasteiger partial charge in [0, 0.05) is 12.7 Å². The molecule has 0 aliphatic carbocycles. The summed E-state index contributed by atoms with van der Waals surface area (Å²) in [5, 5.41) is 4.19. The molecule has 0 atom stereocenters. The maximum Gasteiger partial charge on any atom is 0.0521 e. The Morgan fingerprint density at radius 3 is 2.80 bits per heavy atom. The van der Waals surface area contributed by atoms with Gasteiger partial charge in [0.1, 0.15) is 0 Å². The molecular weight excluding hydrogens is 124 g/mol. The molecule has 0 spiro atoms. The predicted octanol–water partition coefficient (Wildman–Crippen LogP) is 1.86. The van der Waals surface area contributed by atoms with E-state index in [-0.39, 0.29) is 0 Å². The molecule has 10 heavy (non-hydrogen) atoms. The van der Waals surface area contributed by atoms with E-state index in [0.29, 0.717) is 0 Å². The maximum atomic E-state index is 4.19. The topological polar surface area (TPSA) is 17.8 Å². The Bertz CT molecular complexity index is 191. The normalized spacial score (nSPS) is 10.2. The van der Waals surface area contributed by atoms with Crippen LogP contribution in [0.2, 0.25) is 0 Å². The van der Waals surface area contributed by atoms with E-state index >= 15 is 0 Å². The lowest BCUT2D eigenvalue weighted by Crippen LogP contribution is -1.95. The van der Waals surface area contributed by atoms with Crippen LogP contribution < -0.4 is 0 Å². The number of rotatable bonds is 3. The van der Waals surface area contributed by atoms with Crippen LogP contribution in [0, 0.1) is 0 Å². The van der Waals surface area contributed by atoms with Crippen molar-refractivity contribution in [3.8, 4) is 0 Å². The molecular formula is C8H14N2. The van der Waals surface area contributed by atoms with E-state index in [2.05, 4.69) is 25.1 Å². The first-order valence-corrected chi connectivity index (χ1v) is 3.88. The molecule has 0 unspecified atom stereocenters. The molecule has 0 fully saturated rings. The lowest BCUT2D eigenvalue weighted by atomic mass is 10.3. The molecule has 0 saturated carbocycles. The fraction of sp³-hybridized carbons (Fsp3) is 0.625. The van der Waals surface area contributed by atoms with E-state index in [4.69, 9.17) is 0 Å². The van der Waals surface area contributed by atoms with Gasteiger partial charge >= 0.3 is 0 Å². The van der Waals surface area contributed by atoms with Gasteiger partial charge in [0.25, 0.3) is 0 Å². The highest BCUT2D eigenvalue weighted by atomic mass is 15.3. The lowest BCUT2D eigenvalue weighted by Gasteiger charge is -1.93. The van der Waals surface area contributed by atoms with Crippen LogP contribution in [0.1, 0.15) is 25.8 Å². The van der Waals surface area contributed by atoms with Gasteiger partial charge in [-0.15, -0.1) is 0 Å². The first kappa shape index (κ1) is 7.32. The molecule has 2 heteroatoms. The fourth-order valence-corrected chi connectivity index (χ4v) is 0.940. The van der Waals surface area contributed by atoms with Crippen molar-refractivity contribution in [2.24, 2.45) is 0 Å². The van der Waals surface area contributed by atoms with E-state index in [9.17, 15) is 0 Å². The summed E-state index contributed by atoms with van der Waals surface area (Å²) in [4.78, 5) is 0. The zero-order valence-electron chi connectivity index (χ0n) is 6.67. The summed E-state index contributed by atoms with van der Waals surface area (Å²) < 4.78 is 2.00. The van der Waals surface area contributed by atoms with Crippen LogP contribution in [0.15, 0.2) is 12.4 Å². The minimum Gasteiger partial charge on any atom is -0.272 e. The molecule has 0 bridgehead atoms. The molecule has 1 heterocycles. The molecule has 0 amide bonds. The monoisotopic (exact) mass is 138 g/mol. The van der Waals surface area contributed by atoms with Gasteiger partial charge in [-0.05, 0) is 18.4 Å². The van der Waals surface area contributed by atoms with E-state index in [1.807, 2.05) is 10.9 Å². The van der Waals surface area contributed by atoms with Crippen LogP contribution in [0.25, 0.3) is 0 Å². The van der Waals surface area contributed by atoms with E-state index in [1.54, 1.807) is 0 Å². The summed E-state index contributed by atoms with van der Waals surface area (Å²) in [5.41, 5.74) is 1.33. The quantitative estimate of drug-likeness (QED) is 0.623. The summed E-state index contributed by atoms with van der Waals surface area (Å²) in [6, 6.07) is 0. The van der Waals surface area contributed by atoms with Crippen LogP contribution in [-0.2, 0) is 13.0 Å². The number of nitrogens with zero attached hydrogens (tertiary/aromatic N) is 2. The van der Waals surface area contributed by atoms with Gasteiger partial charge in [0.2, 0.25) is 0 Å². The molecule has 0 aliphatic rings. The second-order valence-corrected chi connectivity index (χ2v) is 2.47. The summed E-state index contributed by atoms with van der Waals surface area (Å²) >= 11 is 0. The highest BCUT2D eigenvalue weighted by molar-refractivity contribution is 5.02. The van der Waals surface area contributed by atoms with Gasteiger partial charge < -0.3 is 0 Å². The third kappa shape index (κ3) is 1.59. The van der Waals surface area contributed by atoms with Crippen molar-refractivity contribution in [2.45, 2.75) is 33.2 Å². The Balaban J connectivity index is 2.59. The van der Waals surface area contributed by atoms with Crippen molar-refractivity contribution in [2.75, 3.05) is 0 Å². The van der Waals surface area contributed by atoms with Crippen molar-refractivity contribution >= 4 is 0 Å². The summed E-state index contributed by atoms with van der Waals surface area (Å²) in [7, 11) is 0. The van der Waals surface area contributed by atoms with E-state index in [0.717, 1.165) is 19.4 Å². The Kier molecular flexibility index (Phi) is 2.49. The van der Waals surface area contributed by atoms with Crippen molar-refractivity contribution in [1.29, 1.82) is 0 Å². The molecule has 0 saturated heterocycles. The van der Waals surface area contributed by atoms with Crippen LogP contribution >= 0.6 is 0 Å². The third-order valence-corrected chi connectivity index (χ3v) is 1.55. The van der Waals surface area contributed by atoms with Crippen molar-refractivity contribution in [3.05, 3.63) is 18.0 Å². The average Bonchev–Trinajstić information content (AvgIpc) is 2.37. The van der Waals surface area contributed by atoms with E-state index < -0.39 is 0 Å². The minimum atomic E-state index is 1.04. The predicted molar refractivity (Wildman–Crippen MR) is 41.9 cm³/mol. The second kappa shape index (κ2) is 3.40. The SMILES string of the molecule is CCCn1cc(CC)cn1. The summed E-state index contributed by atoms with van der Waals surface area (Å²) in [5.74, 6) is 0. The van der Waals surface area contributed by atoms with Gasteiger partial charge in [-0.3, -0.25) is 4.68 Å². The zero-order chi connectivity index (χ0) is 7.40. The van der Waals surface area contributed by atoms with Crippen molar-refractivity contribution in [1.82, 2.24) is 9.78 Å². The number of hydrogen-bond acceptors (Lipinski definition) is 1. The van der Waals surface area contributed by atoms with Gasteiger partial charge in [-0.2, -0.15) is 5.10 Å². The largest absolute Gasteiger partial charge is 0.272 e. The summed E-state index contributed by atoms with van der Waals surface area (Å²) in [6.45, 7) is 5.35. The van der Waals surface area contributed by atoms with Gasteiger partial charge in [-0.1, -0.05) is 13.8 Å². The number of aryl methyl sites for hydroxylation is 2. The highest BCUT2D eigenvalue weighted by Gasteiger charge is 1.92. The molecule has 56 valence electrons. The second-order valence-electron chi connectivity index (χ2n) is 2.47. The number of aromatic nitrogens is 2. The number of hydrogen-bond donors (Lipinski definition) is 0. The lowest BCUT2D eigenvalue weighted by molar-refractivity contribution is 0.602. The first-order chi connectivity index (χ1) is 4.86. The van der Waals surface area contributed by atoms with Crippen LogP contribution in [0.5, 0.6) is 0 Å². The Hall–Kier alpha value is -0.790. The van der Waals surface area contributed by atoms with Crippen LogP contribution in [0.4, 0.5) is 0 Å². The van der Waals surface area contributed by atoms with Crippen LogP contribution in [-0.4, -0.2) is 9.78 Å². The van der Waals surface area contributed by atoms with Crippen molar-refractivity contribution in [3.63, 3.8) is 0 Å². The molecule has 0 N–H and O–H groups in total. The average molecular weight is 138 g/mol. The molecule has 0 aromatic carbocycles. The molecule has 2 nitrogen and oxygen atoms in total. The third-order valence-electron chi connectivity index (χ3n) is 1.55. The Labute approximate surface area is 61.9 Å². The van der Waals surface area contributed by atoms with E-state index in [1.165, 1.54) is 5.56 Å². The Morgan fingerprint density at radius 2 is 2.30 bits per heavy atom. The van der Waals surface area contributed by atoms with Crippen LogP contribution in [0.3, 0.4) is 0 Å². The maximum absolute atomic E-state index is 4.19. The standard InChI is InChI=1S/C8H14N2/c1-3-5-10-7-8(4-2)6-9-10/h6-7H,3-5H2,1-2H3. The van der Waals surface area contributed by atoms with Crippen molar-refractivity contribution < 1.29 is 0 Å². The smallest absolute Gasteiger partial charge is 0.0521 e. The Morgan fingerprint density at radius 1 is 1.50 bits per heavy atom. The molecule has 1 aromatic heterocycles.